The second-order valence-electron chi connectivity index (χ2n) is 18.3. The van der Waals surface area contributed by atoms with Crippen LogP contribution in [0.2, 0.25) is 0 Å². The highest BCUT2D eigenvalue weighted by Gasteiger charge is 2.57. The average Bonchev–Trinajstić information content (AvgIpc) is 4.16. The number of aromatic nitrogens is 4. The molecule has 8 atom stereocenters. The fourth-order valence-electron chi connectivity index (χ4n) is 10.6. The molecular formula is C48H66N10O8. The molecule has 2 fully saturated rings. The Kier molecular flexibility index (Phi) is 16.0. The summed E-state index contributed by atoms with van der Waals surface area (Å²) in [6, 6.07) is 6.28. The number of aliphatic hydroxyl groups excluding tert-OH is 2. The Balaban J connectivity index is 0.000000196. The number of pyridine rings is 2. The normalized spacial score (nSPS) is 24.5. The Bertz CT molecular complexity index is 2260. The van der Waals surface area contributed by atoms with E-state index >= 15 is 0 Å². The largest absolute Gasteiger partial charge is 0.451 e. The molecule has 4 aliphatic heterocycles. The highest BCUT2D eigenvalue weighted by Crippen LogP contribution is 2.51. The summed E-state index contributed by atoms with van der Waals surface area (Å²) < 4.78 is 13.9. The molecule has 66 heavy (non-hydrogen) atoms. The van der Waals surface area contributed by atoms with E-state index in [9.17, 15) is 29.4 Å². The number of nitrogens with one attached hydrogen (secondary N) is 2. The van der Waals surface area contributed by atoms with Crippen LogP contribution in [0.25, 0.3) is 12.2 Å². The second-order valence-corrected chi connectivity index (χ2v) is 18.3. The standard InChI is InChI=1S/2C24H33N5O4/c2*1-4-6-16-7-8-20-21-18(12-28(20)24(16)32)19(13-30)22(23(31)25-9-5-10-27(2)3)29(21)11-17-14-33-15-26-17/h2*4,6-8,14-15,18-19,21-22,30H,5,9-13H2,1-3H3,(H,25,31)/b6-4+;6-4-/t2*18-,19-,21+,22-/m00/s1. The highest BCUT2D eigenvalue weighted by atomic mass is 16.3. The molecule has 356 valence electrons. The van der Waals surface area contributed by atoms with E-state index in [1.807, 2.05) is 90.6 Å². The molecule has 2 saturated heterocycles. The van der Waals surface area contributed by atoms with Gasteiger partial charge in [0.05, 0.1) is 35.6 Å². The van der Waals surface area contributed by atoms with Gasteiger partial charge in [0.15, 0.2) is 12.8 Å². The van der Waals surface area contributed by atoms with E-state index in [0.29, 0.717) is 61.8 Å². The number of carbonyl (C=O) groups excluding carboxylic acids is 2. The van der Waals surface area contributed by atoms with E-state index in [0.717, 1.165) is 37.3 Å². The topological polar surface area (TPSA) is 208 Å². The zero-order valence-corrected chi connectivity index (χ0v) is 39.0. The van der Waals surface area contributed by atoms with Gasteiger partial charge in [-0.3, -0.25) is 29.0 Å². The average molecular weight is 911 g/mol. The lowest BCUT2D eigenvalue weighted by molar-refractivity contribution is -0.128. The molecule has 4 aliphatic rings. The van der Waals surface area contributed by atoms with Gasteiger partial charge in [-0.15, -0.1) is 0 Å². The van der Waals surface area contributed by atoms with E-state index in [1.54, 1.807) is 21.7 Å². The lowest BCUT2D eigenvalue weighted by Gasteiger charge is -2.30. The van der Waals surface area contributed by atoms with E-state index in [-0.39, 0.29) is 71.9 Å². The number of amides is 2. The Labute approximate surface area is 385 Å². The minimum atomic E-state index is -0.514. The van der Waals surface area contributed by atoms with E-state index in [2.05, 4.69) is 40.2 Å². The van der Waals surface area contributed by atoms with Crippen molar-refractivity contribution in [3.63, 3.8) is 0 Å². The molecule has 0 unspecified atom stereocenters. The molecule has 0 spiro atoms. The zero-order chi connectivity index (χ0) is 47.1. The molecule has 18 heteroatoms. The fraction of sp³-hybridized carbons (Fsp3) is 0.542. The molecule has 8 rings (SSSR count). The summed E-state index contributed by atoms with van der Waals surface area (Å²) in [5.74, 6) is -0.864. The number of rotatable bonds is 18. The van der Waals surface area contributed by atoms with Crippen LogP contribution in [-0.4, -0.2) is 140 Å². The van der Waals surface area contributed by atoms with Crippen molar-refractivity contribution >= 4 is 24.0 Å². The summed E-state index contributed by atoms with van der Waals surface area (Å²) in [4.78, 5) is 69.7. The van der Waals surface area contributed by atoms with E-state index < -0.39 is 12.1 Å². The summed E-state index contributed by atoms with van der Waals surface area (Å²) in [7, 11) is 8.01. The predicted octanol–water partition coefficient (Wildman–Crippen LogP) is 2.20. The minimum Gasteiger partial charge on any atom is -0.451 e. The Morgan fingerprint density at radius 1 is 0.697 bits per heavy atom. The predicted molar refractivity (Wildman–Crippen MR) is 248 cm³/mol. The van der Waals surface area contributed by atoms with E-state index in [1.165, 1.54) is 12.8 Å². The molecule has 0 aromatic carbocycles. The third-order valence-electron chi connectivity index (χ3n) is 13.5. The molecule has 18 nitrogen and oxygen atoms in total. The molecule has 0 radical (unpaired) electrons. The third kappa shape index (κ3) is 10.1. The monoisotopic (exact) mass is 911 g/mol. The van der Waals surface area contributed by atoms with E-state index in [4.69, 9.17) is 8.83 Å². The molecule has 0 bridgehead atoms. The maximum atomic E-state index is 13.3. The van der Waals surface area contributed by atoms with Gasteiger partial charge in [0.25, 0.3) is 11.1 Å². The van der Waals surface area contributed by atoms with Crippen molar-refractivity contribution in [3.8, 4) is 0 Å². The Morgan fingerprint density at radius 3 is 1.44 bits per heavy atom. The van der Waals surface area contributed by atoms with Gasteiger partial charge in [-0.25, -0.2) is 9.97 Å². The van der Waals surface area contributed by atoms with Crippen LogP contribution in [0.3, 0.4) is 0 Å². The minimum absolute atomic E-state index is 0.0391. The summed E-state index contributed by atoms with van der Waals surface area (Å²) in [6.07, 6.45) is 14.9. The molecule has 0 aliphatic carbocycles. The van der Waals surface area contributed by atoms with Gasteiger partial charge in [0.1, 0.15) is 12.5 Å². The van der Waals surface area contributed by atoms with Crippen LogP contribution in [0, 0.1) is 23.7 Å². The van der Waals surface area contributed by atoms with Crippen molar-refractivity contribution in [1.82, 2.24) is 49.3 Å². The smallest absolute Gasteiger partial charge is 0.258 e. The summed E-state index contributed by atoms with van der Waals surface area (Å²) in [6.45, 7) is 8.18. The molecular weight excluding hydrogens is 845 g/mol. The fourth-order valence-corrected chi connectivity index (χ4v) is 10.6. The number of fused-ring (bicyclic) bond motifs is 6. The van der Waals surface area contributed by atoms with Gasteiger partial charge in [0, 0.05) is 98.7 Å². The van der Waals surface area contributed by atoms with Crippen molar-refractivity contribution in [2.24, 2.45) is 23.7 Å². The summed E-state index contributed by atoms with van der Waals surface area (Å²) in [5.41, 5.74) is 4.38. The third-order valence-corrected chi connectivity index (χ3v) is 13.5. The first-order valence-electron chi connectivity index (χ1n) is 23.0. The number of hydrogen-bond donors (Lipinski definition) is 4. The van der Waals surface area contributed by atoms with Gasteiger partial charge in [0.2, 0.25) is 11.8 Å². The quantitative estimate of drug-likeness (QED) is 0.106. The van der Waals surface area contributed by atoms with Gasteiger partial charge in [-0.1, -0.05) is 24.3 Å². The van der Waals surface area contributed by atoms with Crippen LogP contribution in [0.1, 0.15) is 72.7 Å². The lowest BCUT2D eigenvalue weighted by Crippen LogP contribution is -2.48. The Hall–Kier alpha value is -5.50. The molecule has 4 aromatic heterocycles. The number of oxazole rings is 2. The Morgan fingerprint density at radius 2 is 1.11 bits per heavy atom. The first-order chi connectivity index (χ1) is 31.9. The summed E-state index contributed by atoms with van der Waals surface area (Å²) in [5, 5.41) is 26.9. The van der Waals surface area contributed by atoms with Crippen molar-refractivity contribution < 1.29 is 28.6 Å². The van der Waals surface area contributed by atoms with Crippen LogP contribution in [0.15, 0.2) is 80.2 Å². The van der Waals surface area contributed by atoms with Crippen LogP contribution in [0.4, 0.5) is 0 Å². The van der Waals surface area contributed by atoms with Crippen molar-refractivity contribution in [1.29, 1.82) is 0 Å². The molecule has 8 heterocycles. The lowest BCUT2D eigenvalue weighted by atomic mass is 9.88. The van der Waals surface area contributed by atoms with Crippen LogP contribution in [0.5, 0.6) is 0 Å². The molecule has 4 aromatic rings. The van der Waals surface area contributed by atoms with Crippen LogP contribution < -0.4 is 21.8 Å². The SMILES string of the molecule is C/C=C/c1ccc2n(c1=O)C[C@H]1[C@H](CO)[C@@H](C(=O)NCCCN(C)C)N(Cc3cocn3)[C@@H]21.C/C=C\c1ccc2n(c1=O)C[C@H]1[C@H](CO)[C@@H](C(=O)NCCCN(C)C)N(Cc3cocn3)[C@@H]21. The number of hydrogen-bond acceptors (Lipinski definition) is 14. The van der Waals surface area contributed by atoms with Gasteiger partial charge < -0.3 is 48.6 Å². The first-order valence-corrected chi connectivity index (χ1v) is 23.0. The van der Waals surface area contributed by atoms with Crippen molar-refractivity contribution in [2.75, 3.05) is 67.6 Å². The molecule has 2 amide bonds. The van der Waals surface area contributed by atoms with Crippen molar-refractivity contribution in [3.05, 3.63) is 116 Å². The second kappa shape index (κ2) is 21.9. The van der Waals surface area contributed by atoms with Crippen LogP contribution in [-0.2, 0) is 35.8 Å². The summed E-state index contributed by atoms with van der Waals surface area (Å²) >= 11 is 0. The number of likely N-dealkylation sites (tertiary alicyclic amines) is 2. The maximum Gasteiger partial charge on any atom is 0.258 e. The van der Waals surface area contributed by atoms with Gasteiger partial charge in [-0.05, 0) is 92.2 Å². The van der Waals surface area contributed by atoms with Gasteiger partial charge >= 0.3 is 0 Å². The van der Waals surface area contributed by atoms with Crippen molar-refractivity contribution in [2.45, 2.75) is 77.0 Å². The highest BCUT2D eigenvalue weighted by molar-refractivity contribution is 5.83. The van der Waals surface area contributed by atoms with Gasteiger partial charge in [-0.2, -0.15) is 0 Å². The first kappa shape index (κ1) is 48.4. The number of aliphatic hydroxyl groups is 2. The molecule has 0 saturated carbocycles. The number of allylic oxidation sites excluding steroid dienone is 2. The number of carbonyl (C=O) groups is 2. The number of nitrogens with zero attached hydrogens (tertiary/aromatic N) is 8. The molecule has 4 N–H and O–H groups in total. The maximum absolute atomic E-state index is 13.3. The van der Waals surface area contributed by atoms with Crippen LogP contribution >= 0.6 is 0 Å². The zero-order valence-electron chi connectivity index (χ0n) is 39.0.